The van der Waals surface area contributed by atoms with E-state index in [-0.39, 0.29) is 5.84 Å². The average Bonchev–Trinajstić information content (AvgIpc) is 2.84. The van der Waals surface area contributed by atoms with E-state index in [0.29, 0.717) is 30.9 Å². The van der Waals surface area contributed by atoms with E-state index < -0.39 is 5.60 Å². The first-order chi connectivity index (χ1) is 9.93. The Labute approximate surface area is 124 Å². The van der Waals surface area contributed by atoms with E-state index >= 15 is 0 Å². The zero-order valence-corrected chi connectivity index (χ0v) is 12.8. The highest BCUT2D eigenvalue weighted by atomic mass is 16.4. The fraction of sp³-hybridized carbons (Fsp3) is 0.643. The third-order valence-electron chi connectivity index (χ3n) is 3.94. The SMILES string of the molecule is CCc1nnc(N2CCC(C)(O)C2)c(C(N)=NO)c1CC. The van der Waals surface area contributed by atoms with Gasteiger partial charge in [0.25, 0.3) is 0 Å². The number of nitrogens with zero attached hydrogens (tertiary/aromatic N) is 4. The molecule has 0 radical (unpaired) electrons. The van der Waals surface area contributed by atoms with Gasteiger partial charge in [-0.1, -0.05) is 19.0 Å². The standard InChI is InChI=1S/C14H23N5O2/c1-4-9-10(5-2)16-17-13(11(9)12(15)18-21)19-7-6-14(3,20)8-19/h20-21H,4-8H2,1-3H3,(H2,15,18). The number of aliphatic hydroxyl groups is 1. The quantitative estimate of drug-likeness (QED) is 0.326. The molecule has 2 heterocycles. The van der Waals surface area contributed by atoms with Crippen LogP contribution in [-0.4, -0.2) is 45.0 Å². The van der Waals surface area contributed by atoms with Gasteiger partial charge in [-0.15, -0.1) is 5.10 Å². The van der Waals surface area contributed by atoms with Crippen LogP contribution in [-0.2, 0) is 12.8 Å². The lowest BCUT2D eigenvalue weighted by molar-refractivity contribution is 0.0839. The van der Waals surface area contributed by atoms with Gasteiger partial charge in [0.2, 0.25) is 0 Å². The summed E-state index contributed by atoms with van der Waals surface area (Å²) in [6.07, 6.45) is 2.11. The van der Waals surface area contributed by atoms with Crippen molar-refractivity contribution in [2.75, 3.05) is 18.0 Å². The van der Waals surface area contributed by atoms with E-state index in [9.17, 15) is 5.11 Å². The van der Waals surface area contributed by atoms with E-state index in [2.05, 4.69) is 15.4 Å². The molecule has 116 valence electrons. The number of amidine groups is 1. The van der Waals surface area contributed by atoms with Crippen molar-refractivity contribution in [3.63, 3.8) is 0 Å². The van der Waals surface area contributed by atoms with Crippen LogP contribution in [0.3, 0.4) is 0 Å². The van der Waals surface area contributed by atoms with Gasteiger partial charge in [0.05, 0.1) is 16.9 Å². The van der Waals surface area contributed by atoms with Crippen LogP contribution in [0.1, 0.15) is 44.0 Å². The van der Waals surface area contributed by atoms with Crippen molar-refractivity contribution in [2.45, 2.75) is 45.6 Å². The van der Waals surface area contributed by atoms with Crippen molar-refractivity contribution in [1.82, 2.24) is 10.2 Å². The summed E-state index contributed by atoms with van der Waals surface area (Å²) in [5.74, 6) is 0.620. The number of nitrogens with two attached hydrogens (primary N) is 1. The van der Waals surface area contributed by atoms with Gasteiger partial charge in [-0.3, -0.25) is 0 Å². The first kappa shape index (κ1) is 15.5. The first-order valence-corrected chi connectivity index (χ1v) is 7.27. The fourth-order valence-electron chi connectivity index (χ4n) is 2.83. The molecule has 1 atom stereocenters. The van der Waals surface area contributed by atoms with Gasteiger partial charge < -0.3 is 20.9 Å². The van der Waals surface area contributed by atoms with Crippen LogP contribution in [0.25, 0.3) is 0 Å². The average molecular weight is 293 g/mol. The maximum absolute atomic E-state index is 10.1. The predicted molar refractivity (Wildman–Crippen MR) is 80.8 cm³/mol. The van der Waals surface area contributed by atoms with Gasteiger partial charge in [0.15, 0.2) is 11.7 Å². The summed E-state index contributed by atoms with van der Waals surface area (Å²) in [6.45, 7) is 6.93. The Morgan fingerprint density at radius 3 is 2.57 bits per heavy atom. The second-order valence-corrected chi connectivity index (χ2v) is 5.68. The van der Waals surface area contributed by atoms with Crippen molar-refractivity contribution in [3.05, 3.63) is 16.8 Å². The number of anilines is 1. The number of hydrogen-bond donors (Lipinski definition) is 3. The Bertz CT molecular complexity index is 557. The molecule has 4 N–H and O–H groups in total. The molecular formula is C14H23N5O2. The van der Waals surface area contributed by atoms with Gasteiger partial charge in [0.1, 0.15) is 0 Å². The summed E-state index contributed by atoms with van der Waals surface area (Å²) in [5.41, 5.74) is 7.56. The molecule has 1 aromatic heterocycles. The van der Waals surface area contributed by atoms with E-state index in [1.165, 1.54) is 0 Å². The maximum Gasteiger partial charge on any atom is 0.174 e. The Hall–Kier alpha value is -1.89. The van der Waals surface area contributed by atoms with Crippen molar-refractivity contribution in [3.8, 4) is 0 Å². The lowest BCUT2D eigenvalue weighted by atomic mass is 10.0. The van der Waals surface area contributed by atoms with Crippen molar-refractivity contribution in [1.29, 1.82) is 0 Å². The van der Waals surface area contributed by atoms with E-state index in [0.717, 1.165) is 24.1 Å². The van der Waals surface area contributed by atoms with Crippen LogP contribution in [0.4, 0.5) is 5.82 Å². The fourth-order valence-corrected chi connectivity index (χ4v) is 2.83. The number of oxime groups is 1. The van der Waals surface area contributed by atoms with Crippen molar-refractivity contribution in [2.24, 2.45) is 10.9 Å². The minimum atomic E-state index is -0.750. The van der Waals surface area contributed by atoms with Crippen molar-refractivity contribution < 1.29 is 10.3 Å². The summed E-state index contributed by atoms with van der Waals surface area (Å²) < 4.78 is 0. The van der Waals surface area contributed by atoms with Gasteiger partial charge in [0, 0.05) is 13.1 Å². The molecule has 0 aromatic carbocycles. The molecule has 0 bridgehead atoms. The second kappa shape index (κ2) is 5.85. The van der Waals surface area contributed by atoms with E-state index in [4.69, 9.17) is 10.9 Å². The van der Waals surface area contributed by atoms with Crippen LogP contribution in [0.15, 0.2) is 5.16 Å². The third-order valence-corrected chi connectivity index (χ3v) is 3.94. The summed E-state index contributed by atoms with van der Waals surface area (Å²) >= 11 is 0. The number of aryl methyl sites for hydroxylation is 1. The topological polar surface area (TPSA) is 108 Å². The summed E-state index contributed by atoms with van der Waals surface area (Å²) in [7, 11) is 0. The highest BCUT2D eigenvalue weighted by Crippen LogP contribution is 2.30. The Morgan fingerprint density at radius 1 is 1.38 bits per heavy atom. The molecule has 2 rings (SSSR count). The maximum atomic E-state index is 10.1. The Balaban J connectivity index is 2.56. The second-order valence-electron chi connectivity index (χ2n) is 5.68. The molecule has 1 aliphatic heterocycles. The highest BCUT2D eigenvalue weighted by Gasteiger charge is 2.34. The number of hydrogen-bond acceptors (Lipinski definition) is 6. The lowest BCUT2D eigenvalue weighted by Crippen LogP contribution is -2.32. The third kappa shape index (κ3) is 2.92. The first-order valence-electron chi connectivity index (χ1n) is 7.27. The van der Waals surface area contributed by atoms with Gasteiger partial charge in [-0.05, 0) is 31.7 Å². The molecule has 7 heteroatoms. The summed E-state index contributed by atoms with van der Waals surface area (Å²) in [5, 5.41) is 30.9. The molecule has 0 saturated carbocycles. The Morgan fingerprint density at radius 2 is 2.10 bits per heavy atom. The van der Waals surface area contributed by atoms with Gasteiger partial charge in [-0.2, -0.15) is 5.10 Å². The molecule has 1 fully saturated rings. The zero-order chi connectivity index (χ0) is 15.6. The molecule has 21 heavy (non-hydrogen) atoms. The monoisotopic (exact) mass is 293 g/mol. The van der Waals surface area contributed by atoms with Crippen LogP contribution in [0.2, 0.25) is 0 Å². The van der Waals surface area contributed by atoms with E-state index in [1.54, 1.807) is 6.92 Å². The van der Waals surface area contributed by atoms with Crippen LogP contribution < -0.4 is 10.6 Å². The molecule has 0 amide bonds. The van der Waals surface area contributed by atoms with Gasteiger partial charge >= 0.3 is 0 Å². The largest absolute Gasteiger partial charge is 0.409 e. The van der Waals surface area contributed by atoms with E-state index in [1.807, 2.05) is 18.7 Å². The normalized spacial score (nSPS) is 22.9. The lowest BCUT2D eigenvalue weighted by Gasteiger charge is -2.23. The molecule has 1 saturated heterocycles. The van der Waals surface area contributed by atoms with Crippen molar-refractivity contribution >= 4 is 11.7 Å². The zero-order valence-electron chi connectivity index (χ0n) is 12.8. The number of aromatic nitrogens is 2. The highest BCUT2D eigenvalue weighted by molar-refractivity contribution is 6.03. The summed E-state index contributed by atoms with van der Waals surface area (Å²) in [4.78, 5) is 1.94. The molecule has 1 unspecified atom stereocenters. The van der Waals surface area contributed by atoms with Gasteiger partial charge in [-0.25, -0.2) is 0 Å². The Kier molecular flexibility index (Phi) is 4.32. The number of β-amino-alcohol motifs (C(OH)–C–C–N with tert-alkyl or cyclic N) is 1. The number of rotatable bonds is 4. The van der Waals surface area contributed by atoms with Crippen LogP contribution in [0.5, 0.6) is 0 Å². The molecule has 1 aliphatic rings. The molecule has 0 spiro atoms. The molecular weight excluding hydrogens is 270 g/mol. The molecule has 0 aliphatic carbocycles. The summed E-state index contributed by atoms with van der Waals surface area (Å²) in [6, 6.07) is 0. The molecule has 7 nitrogen and oxygen atoms in total. The smallest absolute Gasteiger partial charge is 0.174 e. The minimum Gasteiger partial charge on any atom is -0.409 e. The minimum absolute atomic E-state index is 0.0398. The van der Waals surface area contributed by atoms with Crippen LogP contribution in [0, 0.1) is 0 Å². The molecule has 1 aromatic rings. The predicted octanol–water partition coefficient (Wildman–Crippen LogP) is 0.657. The van der Waals surface area contributed by atoms with Crippen LogP contribution >= 0.6 is 0 Å².